The topological polar surface area (TPSA) is 55.8 Å². The fourth-order valence-electron chi connectivity index (χ4n) is 3.42. The van der Waals surface area contributed by atoms with E-state index >= 15 is 0 Å². The lowest BCUT2D eigenvalue weighted by molar-refractivity contribution is -0.461. The Labute approximate surface area is 250 Å². The van der Waals surface area contributed by atoms with Crippen LogP contribution < -0.4 is 4.74 Å². The van der Waals surface area contributed by atoms with Crippen molar-refractivity contribution < 1.29 is 93.7 Å². The predicted octanol–water partition coefficient (Wildman–Crippen LogP) is 8.64. The summed E-state index contributed by atoms with van der Waals surface area (Å²) < 4.78 is 239. The van der Waals surface area contributed by atoms with E-state index in [2.05, 4.69) is 0 Å². The fourth-order valence-corrected chi connectivity index (χ4v) is 5.11. The van der Waals surface area contributed by atoms with E-state index in [1.54, 1.807) is 0 Å². The van der Waals surface area contributed by atoms with Crippen molar-refractivity contribution >= 4 is 14.1 Å². The van der Waals surface area contributed by atoms with Crippen molar-refractivity contribution in [2.75, 3.05) is 13.2 Å². The lowest BCUT2D eigenvalue weighted by Gasteiger charge is -2.43. The van der Waals surface area contributed by atoms with E-state index in [-0.39, 0.29) is 11.3 Å². The Morgan fingerprint density at radius 3 is 1.43 bits per heavy atom. The standard InChI is InChI=1S/C24H25F17O4Si/c1-16(2,43)15(42)13-5-7-14(8-6-13)44-10-11-45-46(3,4)12-9-17(25,26)18(27,28)19(29,30)20(31,32)21(33,34)22(35,36)23(37,38)24(39,40)41/h5-8,43H,9-12H2,1-4H3. The van der Waals surface area contributed by atoms with Crippen molar-refractivity contribution in [2.45, 2.75) is 92.6 Å². The van der Waals surface area contributed by atoms with Crippen molar-refractivity contribution in [3.63, 3.8) is 0 Å². The van der Waals surface area contributed by atoms with Gasteiger partial charge in [0, 0.05) is 12.0 Å². The van der Waals surface area contributed by atoms with Crippen LogP contribution in [-0.4, -0.2) is 85.7 Å². The Balaban J connectivity index is 3.03. The molecule has 0 saturated carbocycles. The highest BCUT2D eigenvalue weighted by Crippen LogP contribution is 2.64. The van der Waals surface area contributed by atoms with E-state index in [1.165, 1.54) is 38.1 Å². The molecule has 22 heteroatoms. The quantitative estimate of drug-likeness (QED) is 0.0802. The first-order valence-corrected chi connectivity index (χ1v) is 15.5. The van der Waals surface area contributed by atoms with Crippen LogP contribution in [0.1, 0.15) is 30.6 Å². The molecule has 4 nitrogen and oxygen atoms in total. The Morgan fingerprint density at radius 2 is 1.04 bits per heavy atom. The molecule has 0 unspecified atom stereocenters. The van der Waals surface area contributed by atoms with Crippen LogP contribution in [0.25, 0.3) is 0 Å². The number of carbonyl (C=O) groups is 1. The second-order valence-electron chi connectivity index (χ2n) is 11.0. The average Bonchev–Trinajstić information content (AvgIpc) is 2.88. The van der Waals surface area contributed by atoms with Gasteiger partial charge in [0.15, 0.2) is 14.1 Å². The monoisotopic (exact) mass is 728 g/mol. The van der Waals surface area contributed by atoms with Gasteiger partial charge in [0.05, 0.1) is 6.61 Å². The molecule has 268 valence electrons. The van der Waals surface area contributed by atoms with Gasteiger partial charge in [-0.3, -0.25) is 4.79 Å². The summed E-state index contributed by atoms with van der Waals surface area (Å²) in [5, 5.41) is 9.72. The van der Waals surface area contributed by atoms with Gasteiger partial charge in [-0.2, -0.15) is 74.6 Å². The number of halogens is 17. The lowest BCUT2D eigenvalue weighted by atomic mass is 9.88. The van der Waals surface area contributed by atoms with Gasteiger partial charge >= 0.3 is 47.6 Å². The first kappa shape index (κ1) is 41.7. The highest BCUT2D eigenvalue weighted by atomic mass is 28.4. The Bertz CT molecular complexity index is 1210. The molecule has 0 atom stereocenters. The summed E-state index contributed by atoms with van der Waals surface area (Å²) in [6.07, 6.45) is -10.4. The number of aliphatic hydroxyl groups is 1. The van der Waals surface area contributed by atoms with E-state index in [9.17, 15) is 84.5 Å². The SMILES string of the molecule is CC(C)(O)C(=O)c1ccc(OCCO[Si](C)(C)CCC(F)(F)C(F)(F)C(F)(F)C(F)(F)C(F)(F)C(F)(F)C(F)(F)C(F)(F)F)cc1. The molecule has 0 amide bonds. The maximum atomic E-state index is 14.2. The van der Waals surface area contributed by atoms with Crippen LogP contribution in [0.5, 0.6) is 5.75 Å². The maximum Gasteiger partial charge on any atom is 0.460 e. The number of Topliss-reactive ketones (excluding diaryl/α,β-unsaturated/α-hetero) is 1. The second-order valence-corrected chi connectivity index (χ2v) is 15.3. The molecule has 1 aromatic rings. The van der Waals surface area contributed by atoms with E-state index in [4.69, 9.17) is 9.16 Å². The summed E-state index contributed by atoms with van der Waals surface area (Å²) in [6.45, 7) is 3.56. The summed E-state index contributed by atoms with van der Waals surface area (Å²) in [4.78, 5) is 12.0. The van der Waals surface area contributed by atoms with Crippen molar-refractivity contribution in [3.05, 3.63) is 29.8 Å². The molecule has 46 heavy (non-hydrogen) atoms. The van der Waals surface area contributed by atoms with Gasteiger partial charge in [-0.25, -0.2) is 0 Å². The third-order valence-corrected chi connectivity index (χ3v) is 8.78. The van der Waals surface area contributed by atoms with Gasteiger partial charge in [0.1, 0.15) is 18.0 Å². The highest BCUT2D eigenvalue weighted by Gasteiger charge is 2.95. The third-order valence-electron chi connectivity index (χ3n) is 6.35. The molecule has 0 aliphatic carbocycles. The van der Waals surface area contributed by atoms with Gasteiger partial charge in [-0.05, 0) is 57.3 Å². The third kappa shape index (κ3) is 7.52. The van der Waals surface area contributed by atoms with Crippen LogP contribution in [0.15, 0.2) is 24.3 Å². The molecule has 1 aromatic carbocycles. The number of alkyl halides is 17. The van der Waals surface area contributed by atoms with Gasteiger partial charge in [-0.15, -0.1) is 0 Å². The summed E-state index contributed by atoms with van der Waals surface area (Å²) in [5.74, 6) is -57.1. The zero-order valence-corrected chi connectivity index (χ0v) is 24.7. The zero-order valence-electron chi connectivity index (χ0n) is 23.7. The van der Waals surface area contributed by atoms with E-state index in [1.807, 2.05) is 0 Å². The maximum absolute atomic E-state index is 14.2. The van der Waals surface area contributed by atoms with Gasteiger partial charge in [0.2, 0.25) is 0 Å². The number of ketones is 1. The van der Waals surface area contributed by atoms with Crippen molar-refractivity contribution in [2.24, 2.45) is 0 Å². The first-order valence-electron chi connectivity index (χ1n) is 12.4. The minimum absolute atomic E-state index is 0.0855. The van der Waals surface area contributed by atoms with E-state index in [0.29, 0.717) is 0 Å². The van der Waals surface area contributed by atoms with E-state index < -0.39 is 93.0 Å². The largest absolute Gasteiger partial charge is 0.491 e. The molecular weight excluding hydrogens is 703 g/mol. The minimum atomic E-state index is -8.66. The predicted molar refractivity (Wildman–Crippen MR) is 126 cm³/mol. The number of ether oxygens (including phenoxy) is 1. The molecule has 0 spiro atoms. The molecule has 0 aliphatic rings. The summed E-state index contributed by atoms with van der Waals surface area (Å²) in [5.41, 5.74) is -1.61. The first-order chi connectivity index (χ1) is 20.1. The van der Waals surface area contributed by atoms with Crippen molar-refractivity contribution in [1.82, 2.24) is 0 Å². The normalized spacial score (nSPS) is 15.3. The smallest absolute Gasteiger partial charge is 0.460 e. The highest BCUT2D eigenvalue weighted by molar-refractivity contribution is 6.71. The zero-order chi connectivity index (χ0) is 36.8. The second kappa shape index (κ2) is 12.6. The molecule has 1 N–H and O–H groups in total. The van der Waals surface area contributed by atoms with Crippen molar-refractivity contribution in [3.8, 4) is 5.75 Å². The van der Waals surface area contributed by atoms with Crippen LogP contribution >= 0.6 is 0 Å². The number of carbonyl (C=O) groups excluding carboxylic acids is 1. The van der Waals surface area contributed by atoms with Crippen LogP contribution in [0.2, 0.25) is 19.1 Å². The molecule has 0 bridgehead atoms. The van der Waals surface area contributed by atoms with Crippen LogP contribution in [-0.2, 0) is 4.43 Å². The van der Waals surface area contributed by atoms with Crippen LogP contribution in [0, 0.1) is 0 Å². The van der Waals surface area contributed by atoms with Gasteiger partial charge in [0.25, 0.3) is 0 Å². The summed E-state index contributed by atoms with van der Waals surface area (Å²) in [7, 11) is -3.68. The van der Waals surface area contributed by atoms with Crippen LogP contribution in [0.4, 0.5) is 74.6 Å². The molecule has 0 fully saturated rings. The molecule has 0 radical (unpaired) electrons. The molecule has 0 aromatic heterocycles. The number of rotatable bonds is 16. The minimum Gasteiger partial charge on any atom is -0.491 e. The summed E-state index contributed by atoms with van der Waals surface area (Å²) >= 11 is 0. The summed E-state index contributed by atoms with van der Waals surface area (Å²) in [6, 6.07) is 3.72. The van der Waals surface area contributed by atoms with Crippen LogP contribution in [0.3, 0.4) is 0 Å². The number of hydrogen-bond donors (Lipinski definition) is 1. The molecule has 0 saturated heterocycles. The Kier molecular flexibility index (Phi) is 11.4. The number of benzene rings is 1. The molecule has 0 aliphatic heterocycles. The Hall–Kier alpha value is -2.36. The Morgan fingerprint density at radius 1 is 0.652 bits per heavy atom. The van der Waals surface area contributed by atoms with E-state index in [0.717, 1.165) is 13.1 Å². The lowest BCUT2D eigenvalue weighted by Crippen LogP contribution is -2.74. The van der Waals surface area contributed by atoms with Gasteiger partial charge in [-0.1, -0.05) is 0 Å². The van der Waals surface area contributed by atoms with Crippen molar-refractivity contribution in [1.29, 1.82) is 0 Å². The molecule has 0 heterocycles. The number of hydrogen-bond acceptors (Lipinski definition) is 4. The average molecular weight is 729 g/mol. The van der Waals surface area contributed by atoms with Gasteiger partial charge < -0.3 is 14.3 Å². The molecule has 1 rings (SSSR count). The molecular formula is C24H25F17O4Si. The fraction of sp³-hybridized carbons (Fsp3) is 0.708.